The van der Waals surface area contributed by atoms with Crippen molar-refractivity contribution in [3.63, 3.8) is 0 Å². The predicted octanol–water partition coefficient (Wildman–Crippen LogP) is 3.79. The molecule has 106 valence electrons. The van der Waals surface area contributed by atoms with Crippen LogP contribution in [0.25, 0.3) is 0 Å². The monoisotopic (exact) mass is 272 g/mol. The van der Waals surface area contributed by atoms with Crippen LogP contribution in [0.15, 0.2) is 42.6 Å². The molecule has 1 heterocycles. The van der Waals surface area contributed by atoms with E-state index in [-0.39, 0.29) is 5.82 Å². The van der Waals surface area contributed by atoms with Crippen LogP contribution in [0.4, 0.5) is 4.39 Å². The number of rotatable bonds is 5. The van der Waals surface area contributed by atoms with Crippen LogP contribution in [0, 0.1) is 5.82 Å². The number of aromatic nitrogens is 1. The number of hydrogen-bond donors (Lipinski definition) is 1. The van der Waals surface area contributed by atoms with Gasteiger partial charge in [0.05, 0.1) is 17.4 Å². The van der Waals surface area contributed by atoms with Crippen LogP contribution in [-0.4, -0.2) is 4.98 Å². The third-order valence-electron chi connectivity index (χ3n) is 3.75. The first-order chi connectivity index (χ1) is 9.60. The van der Waals surface area contributed by atoms with E-state index >= 15 is 0 Å². The Balaban J connectivity index is 2.36. The van der Waals surface area contributed by atoms with Crippen molar-refractivity contribution in [2.45, 2.75) is 38.6 Å². The molecule has 0 amide bonds. The lowest BCUT2D eigenvalue weighted by Gasteiger charge is -2.28. The van der Waals surface area contributed by atoms with Crippen LogP contribution < -0.4 is 5.73 Å². The molecule has 3 heteroatoms. The van der Waals surface area contributed by atoms with Crippen molar-refractivity contribution >= 4 is 0 Å². The molecular weight excluding hydrogens is 251 g/mol. The Bertz CT molecular complexity index is 548. The van der Waals surface area contributed by atoms with Crippen LogP contribution >= 0.6 is 0 Å². The van der Waals surface area contributed by atoms with Crippen LogP contribution in [-0.2, 0) is 12.0 Å². The molecule has 0 saturated heterocycles. The summed E-state index contributed by atoms with van der Waals surface area (Å²) in [7, 11) is 0. The minimum Gasteiger partial charge on any atom is -0.316 e. The Morgan fingerprint density at radius 3 is 2.30 bits per heavy atom. The normalized spacial score (nSPS) is 14.0. The standard InChI is InChI=1S/C17H21FN2/c1-3-5-13-6-8-14(9-7-13)17(19,4-2)16-11-10-15(18)12-20-16/h6-12H,3-5,19H2,1-2H3. The summed E-state index contributed by atoms with van der Waals surface area (Å²) in [4.78, 5) is 4.16. The second-order valence-electron chi connectivity index (χ2n) is 5.13. The van der Waals surface area contributed by atoms with Crippen molar-refractivity contribution in [2.24, 2.45) is 5.73 Å². The van der Waals surface area contributed by atoms with E-state index in [4.69, 9.17) is 5.73 Å². The molecule has 0 spiro atoms. The number of pyridine rings is 1. The van der Waals surface area contributed by atoms with Gasteiger partial charge in [0.15, 0.2) is 0 Å². The number of halogens is 1. The summed E-state index contributed by atoms with van der Waals surface area (Å²) in [5.41, 5.74) is 8.88. The largest absolute Gasteiger partial charge is 0.316 e. The molecule has 1 atom stereocenters. The lowest BCUT2D eigenvalue weighted by molar-refractivity contribution is 0.498. The van der Waals surface area contributed by atoms with Gasteiger partial charge in [-0.15, -0.1) is 0 Å². The fourth-order valence-electron chi connectivity index (χ4n) is 2.43. The molecule has 2 rings (SSSR count). The Kier molecular flexibility index (Phi) is 4.50. The molecule has 20 heavy (non-hydrogen) atoms. The van der Waals surface area contributed by atoms with E-state index in [1.165, 1.54) is 17.8 Å². The average molecular weight is 272 g/mol. The van der Waals surface area contributed by atoms with E-state index in [1.54, 1.807) is 6.07 Å². The van der Waals surface area contributed by atoms with Gasteiger partial charge >= 0.3 is 0 Å². The zero-order chi connectivity index (χ0) is 14.6. The zero-order valence-corrected chi connectivity index (χ0v) is 12.1. The molecule has 0 aliphatic carbocycles. The molecule has 2 nitrogen and oxygen atoms in total. The van der Waals surface area contributed by atoms with Gasteiger partial charge < -0.3 is 5.73 Å². The second kappa shape index (κ2) is 6.14. The molecule has 0 fully saturated rings. The zero-order valence-electron chi connectivity index (χ0n) is 12.1. The minimum atomic E-state index is -0.668. The summed E-state index contributed by atoms with van der Waals surface area (Å²) >= 11 is 0. The molecule has 2 aromatic rings. The van der Waals surface area contributed by atoms with Gasteiger partial charge in [0.1, 0.15) is 5.82 Å². The maximum Gasteiger partial charge on any atom is 0.141 e. The molecule has 1 unspecified atom stereocenters. The molecular formula is C17H21FN2. The van der Waals surface area contributed by atoms with Gasteiger partial charge in [0.2, 0.25) is 0 Å². The third kappa shape index (κ3) is 2.88. The molecule has 1 aromatic heterocycles. The van der Waals surface area contributed by atoms with E-state index in [1.807, 2.05) is 6.92 Å². The van der Waals surface area contributed by atoms with Crippen molar-refractivity contribution < 1.29 is 4.39 Å². The van der Waals surface area contributed by atoms with Gasteiger partial charge in [-0.05, 0) is 36.1 Å². The highest BCUT2D eigenvalue weighted by atomic mass is 19.1. The molecule has 0 saturated carbocycles. The van der Waals surface area contributed by atoms with Crippen molar-refractivity contribution in [2.75, 3.05) is 0 Å². The first-order valence-electron chi connectivity index (χ1n) is 7.10. The first kappa shape index (κ1) is 14.7. The Hall–Kier alpha value is -1.74. The Labute approximate surface area is 119 Å². The van der Waals surface area contributed by atoms with Crippen molar-refractivity contribution in [3.05, 3.63) is 65.2 Å². The van der Waals surface area contributed by atoms with E-state index in [0.717, 1.165) is 18.4 Å². The molecule has 0 radical (unpaired) electrons. The van der Waals surface area contributed by atoms with Gasteiger partial charge in [-0.3, -0.25) is 4.98 Å². The van der Waals surface area contributed by atoms with Gasteiger partial charge in [-0.2, -0.15) is 0 Å². The Morgan fingerprint density at radius 2 is 1.80 bits per heavy atom. The van der Waals surface area contributed by atoms with E-state index in [0.29, 0.717) is 12.1 Å². The topological polar surface area (TPSA) is 38.9 Å². The Morgan fingerprint density at radius 1 is 1.10 bits per heavy atom. The number of nitrogens with two attached hydrogens (primary N) is 1. The van der Waals surface area contributed by atoms with E-state index < -0.39 is 5.54 Å². The molecule has 0 aliphatic heterocycles. The quantitative estimate of drug-likeness (QED) is 0.899. The smallest absolute Gasteiger partial charge is 0.141 e. The summed E-state index contributed by atoms with van der Waals surface area (Å²) < 4.78 is 13.0. The second-order valence-corrected chi connectivity index (χ2v) is 5.13. The van der Waals surface area contributed by atoms with Crippen LogP contribution in [0.5, 0.6) is 0 Å². The van der Waals surface area contributed by atoms with Crippen LogP contribution in [0.3, 0.4) is 0 Å². The fraction of sp³-hybridized carbons (Fsp3) is 0.353. The summed E-state index contributed by atoms with van der Waals surface area (Å²) in [6.45, 7) is 4.18. The maximum atomic E-state index is 13.0. The highest BCUT2D eigenvalue weighted by Gasteiger charge is 2.29. The van der Waals surface area contributed by atoms with Gasteiger partial charge in [0.25, 0.3) is 0 Å². The van der Waals surface area contributed by atoms with Crippen molar-refractivity contribution in [1.82, 2.24) is 4.98 Å². The summed E-state index contributed by atoms with van der Waals surface area (Å²) in [6.07, 6.45) is 4.12. The van der Waals surface area contributed by atoms with E-state index in [9.17, 15) is 4.39 Å². The van der Waals surface area contributed by atoms with Crippen molar-refractivity contribution in [1.29, 1.82) is 0 Å². The maximum absolute atomic E-state index is 13.0. The van der Waals surface area contributed by atoms with Gasteiger partial charge in [-0.1, -0.05) is 44.5 Å². The SMILES string of the molecule is CCCc1ccc(C(N)(CC)c2ccc(F)cn2)cc1. The summed E-state index contributed by atoms with van der Waals surface area (Å²) in [5.74, 6) is -0.342. The predicted molar refractivity (Wildman–Crippen MR) is 79.9 cm³/mol. The van der Waals surface area contributed by atoms with Crippen LogP contribution in [0.1, 0.15) is 43.5 Å². The molecule has 0 bridgehead atoms. The van der Waals surface area contributed by atoms with Crippen molar-refractivity contribution in [3.8, 4) is 0 Å². The molecule has 2 N–H and O–H groups in total. The summed E-state index contributed by atoms with van der Waals surface area (Å²) in [6, 6.07) is 11.4. The highest BCUT2D eigenvalue weighted by Crippen LogP contribution is 2.29. The van der Waals surface area contributed by atoms with Gasteiger partial charge in [0, 0.05) is 0 Å². The van der Waals surface area contributed by atoms with E-state index in [2.05, 4.69) is 36.2 Å². The minimum absolute atomic E-state index is 0.342. The summed E-state index contributed by atoms with van der Waals surface area (Å²) in [5, 5.41) is 0. The fourth-order valence-corrected chi connectivity index (χ4v) is 2.43. The number of nitrogens with zero attached hydrogens (tertiary/aromatic N) is 1. The average Bonchev–Trinajstić information content (AvgIpc) is 2.48. The number of aryl methyl sites for hydroxylation is 1. The van der Waals surface area contributed by atoms with Crippen LogP contribution in [0.2, 0.25) is 0 Å². The number of benzene rings is 1. The lowest BCUT2D eigenvalue weighted by atomic mass is 9.84. The highest BCUT2D eigenvalue weighted by molar-refractivity contribution is 5.36. The first-order valence-corrected chi connectivity index (χ1v) is 7.10. The lowest BCUT2D eigenvalue weighted by Crippen LogP contribution is -2.38. The number of hydrogen-bond acceptors (Lipinski definition) is 2. The molecule has 0 aliphatic rings. The van der Waals surface area contributed by atoms with Gasteiger partial charge in [-0.25, -0.2) is 4.39 Å². The molecule has 1 aromatic carbocycles. The third-order valence-corrected chi connectivity index (χ3v) is 3.75.